The maximum absolute atomic E-state index is 6.28. The summed E-state index contributed by atoms with van der Waals surface area (Å²) in [5.41, 5.74) is 2.27. The van der Waals surface area contributed by atoms with Crippen molar-refractivity contribution >= 4 is 0 Å². The van der Waals surface area contributed by atoms with Crippen molar-refractivity contribution in [2.45, 2.75) is 70.1 Å². The Morgan fingerprint density at radius 2 is 1.66 bits per heavy atom. The predicted molar refractivity (Wildman–Crippen MR) is 113 cm³/mol. The van der Waals surface area contributed by atoms with Gasteiger partial charge in [0, 0.05) is 5.56 Å². The molecule has 156 valence electrons. The Balaban J connectivity index is 1.27. The normalized spacial score (nSPS) is 26.7. The Bertz CT molecular complexity index is 730. The Morgan fingerprint density at radius 1 is 0.828 bits per heavy atom. The molecule has 2 fully saturated rings. The second kappa shape index (κ2) is 10.2. The molecule has 4 atom stereocenters. The van der Waals surface area contributed by atoms with Gasteiger partial charge in [-0.1, -0.05) is 68.7 Å². The third-order valence-corrected chi connectivity index (χ3v) is 5.77. The minimum absolute atomic E-state index is 0.00377. The SMILES string of the molecule is CCCCCCOc1ccc([C@@H]2OC[C@H]3O[C@@H](c4ccccc4)CC[C@@H]3O2)cc1. The van der Waals surface area contributed by atoms with Gasteiger partial charge in [0.05, 0.1) is 25.4 Å². The minimum atomic E-state index is -0.327. The van der Waals surface area contributed by atoms with Crippen molar-refractivity contribution in [2.24, 2.45) is 0 Å². The summed E-state index contributed by atoms with van der Waals surface area (Å²) in [6, 6.07) is 18.5. The third kappa shape index (κ3) is 5.39. The highest BCUT2D eigenvalue weighted by Crippen LogP contribution is 2.38. The molecule has 2 aliphatic rings. The van der Waals surface area contributed by atoms with E-state index in [1.807, 2.05) is 30.3 Å². The molecule has 2 aromatic carbocycles. The second-order valence-electron chi connectivity index (χ2n) is 7.97. The highest BCUT2D eigenvalue weighted by atomic mass is 16.7. The average Bonchev–Trinajstić information content (AvgIpc) is 2.79. The topological polar surface area (TPSA) is 36.9 Å². The summed E-state index contributed by atoms with van der Waals surface area (Å²) < 4.78 is 24.3. The Kier molecular flexibility index (Phi) is 7.20. The number of ether oxygens (including phenoxy) is 4. The summed E-state index contributed by atoms with van der Waals surface area (Å²) in [4.78, 5) is 0. The molecule has 0 aromatic heterocycles. The Morgan fingerprint density at radius 3 is 2.45 bits per heavy atom. The van der Waals surface area contributed by atoms with Crippen LogP contribution in [-0.2, 0) is 14.2 Å². The third-order valence-electron chi connectivity index (χ3n) is 5.77. The van der Waals surface area contributed by atoms with Gasteiger partial charge in [-0.15, -0.1) is 0 Å². The van der Waals surface area contributed by atoms with E-state index in [9.17, 15) is 0 Å². The fourth-order valence-electron chi connectivity index (χ4n) is 4.08. The molecule has 0 aliphatic carbocycles. The molecule has 2 saturated heterocycles. The number of rotatable bonds is 8. The van der Waals surface area contributed by atoms with Crippen LogP contribution in [0.15, 0.2) is 54.6 Å². The maximum atomic E-state index is 6.28. The van der Waals surface area contributed by atoms with E-state index in [4.69, 9.17) is 18.9 Å². The Hall–Kier alpha value is -1.88. The molecule has 2 aliphatic heterocycles. The van der Waals surface area contributed by atoms with Crippen LogP contribution in [0.2, 0.25) is 0 Å². The van der Waals surface area contributed by atoms with Crippen molar-refractivity contribution in [3.05, 3.63) is 65.7 Å². The second-order valence-corrected chi connectivity index (χ2v) is 7.97. The van der Waals surface area contributed by atoms with Crippen molar-refractivity contribution in [3.63, 3.8) is 0 Å². The van der Waals surface area contributed by atoms with Crippen molar-refractivity contribution in [3.8, 4) is 5.75 Å². The van der Waals surface area contributed by atoms with E-state index in [0.717, 1.165) is 37.2 Å². The van der Waals surface area contributed by atoms with Crippen LogP contribution >= 0.6 is 0 Å². The van der Waals surface area contributed by atoms with E-state index in [-0.39, 0.29) is 24.6 Å². The molecular formula is C25H32O4. The summed E-state index contributed by atoms with van der Waals surface area (Å²) in [5.74, 6) is 0.908. The van der Waals surface area contributed by atoms with Gasteiger partial charge in [-0.3, -0.25) is 0 Å². The van der Waals surface area contributed by atoms with E-state index >= 15 is 0 Å². The molecule has 0 bridgehead atoms. The molecule has 0 radical (unpaired) electrons. The van der Waals surface area contributed by atoms with Crippen LogP contribution in [0.3, 0.4) is 0 Å². The first-order valence-corrected chi connectivity index (χ1v) is 11.0. The fraction of sp³-hybridized carbons (Fsp3) is 0.520. The first kappa shape index (κ1) is 20.4. The molecular weight excluding hydrogens is 364 g/mol. The summed E-state index contributed by atoms with van der Waals surface area (Å²) in [6.07, 6.45) is 6.71. The summed E-state index contributed by atoms with van der Waals surface area (Å²) in [6.45, 7) is 3.56. The molecule has 0 amide bonds. The van der Waals surface area contributed by atoms with Crippen molar-refractivity contribution in [1.29, 1.82) is 0 Å². The van der Waals surface area contributed by atoms with Crippen molar-refractivity contribution in [2.75, 3.05) is 13.2 Å². The summed E-state index contributed by atoms with van der Waals surface area (Å²) >= 11 is 0. The van der Waals surface area contributed by atoms with Gasteiger partial charge in [-0.25, -0.2) is 0 Å². The molecule has 0 N–H and O–H groups in total. The van der Waals surface area contributed by atoms with Gasteiger partial charge in [0.25, 0.3) is 0 Å². The van der Waals surface area contributed by atoms with Crippen LogP contribution < -0.4 is 4.74 Å². The lowest BCUT2D eigenvalue weighted by atomic mass is 9.96. The lowest BCUT2D eigenvalue weighted by Gasteiger charge is -2.42. The monoisotopic (exact) mass is 396 g/mol. The quantitative estimate of drug-likeness (QED) is 0.514. The van der Waals surface area contributed by atoms with E-state index in [2.05, 4.69) is 31.2 Å². The number of fused-ring (bicyclic) bond motifs is 1. The highest BCUT2D eigenvalue weighted by molar-refractivity contribution is 5.28. The molecule has 2 heterocycles. The number of hydrogen-bond donors (Lipinski definition) is 0. The largest absolute Gasteiger partial charge is 0.494 e. The minimum Gasteiger partial charge on any atom is -0.494 e. The van der Waals surface area contributed by atoms with Crippen LogP contribution in [-0.4, -0.2) is 25.4 Å². The molecule has 2 aromatic rings. The first-order valence-electron chi connectivity index (χ1n) is 11.0. The Labute approximate surface area is 174 Å². The van der Waals surface area contributed by atoms with Crippen molar-refractivity contribution in [1.82, 2.24) is 0 Å². The van der Waals surface area contributed by atoms with Gasteiger partial charge in [-0.05, 0) is 37.0 Å². The number of unbranched alkanes of at least 4 members (excludes halogenated alkanes) is 3. The van der Waals surface area contributed by atoms with E-state index < -0.39 is 0 Å². The summed E-state index contributed by atoms with van der Waals surface area (Å²) in [5, 5.41) is 0. The van der Waals surface area contributed by atoms with Crippen LogP contribution in [0.1, 0.15) is 69.0 Å². The smallest absolute Gasteiger partial charge is 0.184 e. The van der Waals surface area contributed by atoms with Crippen LogP contribution in [0.5, 0.6) is 5.75 Å². The molecule has 4 heteroatoms. The summed E-state index contributed by atoms with van der Waals surface area (Å²) in [7, 11) is 0. The van der Waals surface area contributed by atoms with Gasteiger partial charge in [0.1, 0.15) is 11.9 Å². The zero-order valence-corrected chi connectivity index (χ0v) is 17.3. The molecule has 0 saturated carbocycles. The van der Waals surface area contributed by atoms with Gasteiger partial charge in [0.15, 0.2) is 6.29 Å². The van der Waals surface area contributed by atoms with Gasteiger partial charge in [0.2, 0.25) is 0 Å². The van der Waals surface area contributed by atoms with E-state index in [0.29, 0.717) is 6.61 Å². The average molecular weight is 397 g/mol. The van der Waals surface area contributed by atoms with E-state index in [1.54, 1.807) is 0 Å². The fourth-order valence-corrected chi connectivity index (χ4v) is 4.08. The lowest BCUT2D eigenvalue weighted by molar-refractivity contribution is -0.289. The van der Waals surface area contributed by atoms with Gasteiger partial charge >= 0.3 is 0 Å². The molecule has 0 unspecified atom stereocenters. The lowest BCUT2D eigenvalue weighted by Crippen LogP contribution is -2.45. The van der Waals surface area contributed by atoms with Crippen LogP contribution in [0.4, 0.5) is 0 Å². The highest BCUT2D eigenvalue weighted by Gasteiger charge is 2.38. The zero-order chi connectivity index (χ0) is 19.9. The molecule has 0 spiro atoms. The first-order chi connectivity index (χ1) is 14.3. The number of benzene rings is 2. The van der Waals surface area contributed by atoms with Crippen LogP contribution in [0.25, 0.3) is 0 Å². The maximum Gasteiger partial charge on any atom is 0.184 e. The zero-order valence-electron chi connectivity index (χ0n) is 17.3. The van der Waals surface area contributed by atoms with Crippen molar-refractivity contribution < 1.29 is 18.9 Å². The predicted octanol–water partition coefficient (Wildman–Crippen LogP) is 5.98. The van der Waals surface area contributed by atoms with E-state index in [1.165, 1.54) is 24.8 Å². The van der Waals surface area contributed by atoms with Crippen LogP contribution in [0, 0.1) is 0 Å². The molecule has 4 rings (SSSR count). The van der Waals surface area contributed by atoms with Gasteiger partial charge in [-0.2, -0.15) is 0 Å². The molecule has 29 heavy (non-hydrogen) atoms. The molecule has 4 nitrogen and oxygen atoms in total. The standard InChI is InChI=1S/C25H32O4/c1-2-3-4-8-17-26-21-13-11-20(12-14-21)25-27-18-24-23(29-25)16-15-22(28-24)19-9-6-5-7-10-19/h5-7,9-14,22-25H,2-4,8,15-18H2,1H3/t22-,23+,24-,25-/m1/s1. The number of hydrogen-bond acceptors (Lipinski definition) is 4. The van der Waals surface area contributed by atoms with Gasteiger partial charge < -0.3 is 18.9 Å².